The fraction of sp³-hybridized carbons (Fsp3) is 0.667. The summed E-state index contributed by atoms with van der Waals surface area (Å²) in [6.45, 7) is 9.80. The summed E-state index contributed by atoms with van der Waals surface area (Å²) in [5, 5.41) is 0. The first kappa shape index (κ1) is 48.5. The van der Waals surface area contributed by atoms with E-state index in [0.29, 0.717) is 24.3 Å². The van der Waals surface area contributed by atoms with Crippen LogP contribution in [0.5, 0.6) is 0 Å². The van der Waals surface area contributed by atoms with E-state index in [1.54, 1.807) is 24.3 Å². The van der Waals surface area contributed by atoms with E-state index >= 15 is 0 Å². The van der Waals surface area contributed by atoms with Gasteiger partial charge in [-0.2, -0.15) is 0 Å². The summed E-state index contributed by atoms with van der Waals surface area (Å²) in [6.07, 6.45) is 25.4. The number of esters is 4. The Hall–Kier alpha value is -3.68. The van der Waals surface area contributed by atoms with Crippen LogP contribution in [0, 0.1) is 0 Å². The summed E-state index contributed by atoms with van der Waals surface area (Å²) >= 11 is 0. The van der Waals surface area contributed by atoms with Gasteiger partial charge in [0.2, 0.25) is 0 Å². The topological polar surface area (TPSA) is 105 Å². The number of unbranched alkanes of at least 4 members (excludes halogenated alkanes) is 20. The molecule has 0 radical (unpaired) electrons. The van der Waals surface area contributed by atoms with Crippen LogP contribution >= 0.6 is 0 Å². The largest absolute Gasteiger partial charge is 0.462 e. The number of ether oxygens (including phenoxy) is 4. The van der Waals surface area contributed by atoms with Gasteiger partial charge in [-0.1, -0.05) is 168 Å². The Bertz CT molecular complexity index is 1290. The molecule has 8 nitrogen and oxygen atoms in total. The number of benzene rings is 2. The van der Waals surface area contributed by atoms with Crippen molar-refractivity contribution in [1.29, 1.82) is 0 Å². The van der Waals surface area contributed by atoms with E-state index in [9.17, 15) is 19.2 Å². The van der Waals surface area contributed by atoms with Crippen molar-refractivity contribution in [3.8, 4) is 11.1 Å². The fourth-order valence-corrected chi connectivity index (χ4v) is 6.66. The van der Waals surface area contributed by atoms with E-state index < -0.39 is 23.9 Å². The van der Waals surface area contributed by atoms with Crippen molar-refractivity contribution < 1.29 is 38.1 Å². The van der Waals surface area contributed by atoms with Crippen molar-refractivity contribution in [2.24, 2.45) is 0 Å². The van der Waals surface area contributed by atoms with Gasteiger partial charge in [-0.05, 0) is 61.1 Å². The first-order valence-electron chi connectivity index (χ1n) is 22.3. The smallest absolute Gasteiger partial charge is 0.338 e. The molecule has 8 heteroatoms. The van der Waals surface area contributed by atoms with Crippen molar-refractivity contribution in [3.05, 3.63) is 58.7 Å². The highest BCUT2D eigenvalue weighted by atomic mass is 16.5. The molecule has 0 amide bonds. The van der Waals surface area contributed by atoms with Crippen LogP contribution in [-0.2, 0) is 18.9 Å². The third-order valence-corrected chi connectivity index (χ3v) is 10.2. The average Bonchev–Trinajstić information content (AvgIpc) is 3.21. The molecule has 0 saturated carbocycles. The molecular formula is C48H74O8. The average molecular weight is 779 g/mol. The molecule has 0 saturated heterocycles. The third-order valence-electron chi connectivity index (χ3n) is 10.2. The highest BCUT2D eigenvalue weighted by Crippen LogP contribution is 2.31. The van der Waals surface area contributed by atoms with Gasteiger partial charge < -0.3 is 18.9 Å². The standard InChI is InChI=1S/C48H74O8/c1-5-9-13-17-21-25-33-53-45(49)39-29-31-41(43(37-39)47(51)55-35-27-23-19-15-11-7-3)42-32-30-40(46(50)54-34-26-22-18-14-10-6-2)38-44(42)48(52)56-36-28-24-20-16-12-8-4/h29-32,37-38H,5-28,33-36H2,1-4H3. The Morgan fingerprint density at radius 3 is 0.875 bits per heavy atom. The maximum Gasteiger partial charge on any atom is 0.338 e. The quantitative estimate of drug-likeness (QED) is 0.0401. The van der Waals surface area contributed by atoms with Crippen LogP contribution in [0.15, 0.2) is 36.4 Å². The molecule has 0 heterocycles. The van der Waals surface area contributed by atoms with E-state index in [4.69, 9.17) is 18.9 Å². The van der Waals surface area contributed by atoms with Gasteiger partial charge >= 0.3 is 23.9 Å². The minimum Gasteiger partial charge on any atom is -0.462 e. The van der Waals surface area contributed by atoms with E-state index in [-0.39, 0.29) is 35.5 Å². The zero-order valence-electron chi connectivity index (χ0n) is 35.5. The molecule has 0 aromatic heterocycles. The molecule has 0 aliphatic heterocycles. The van der Waals surface area contributed by atoms with Gasteiger partial charge in [-0.25, -0.2) is 19.2 Å². The lowest BCUT2D eigenvalue weighted by molar-refractivity contribution is 0.0476. The van der Waals surface area contributed by atoms with E-state index in [1.165, 1.54) is 63.5 Å². The van der Waals surface area contributed by atoms with Crippen LogP contribution < -0.4 is 0 Å². The number of carbonyl (C=O) groups is 4. The molecule has 2 aromatic carbocycles. The van der Waals surface area contributed by atoms with Crippen molar-refractivity contribution in [3.63, 3.8) is 0 Å². The Morgan fingerprint density at radius 1 is 0.339 bits per heavy atom. The van der Waals surface area contributed by atoms with Gasteiger partial charge in [0.05, 0.1) is 48.7 Å². The Labute approximate surface area is 339 Å². The second-order valence-corrected chi connectivity index (χ2v) is 15.1. The summed E-state index contributed by atoms with van der Waals surface area (Å²) < 4.78 is 22.7. The van der Waals surface area contributed by atoms with Gasteiger partial charge in [0, 0.05) is 0 Å². The van der Waals surface area contributed by atoms with Crippen molar-refractivity contribution in [2.45, 2.75) is 182 Å². The lowest BCUT2D eigenvalue weighted by Gasteiger charge is -2.16. The van der Waals surface area contributed by atoms with Gasteiger partial charge in [-0.3, -0.25) is 0 Å². The Morgan fingerprint density at radius 2 is 0.589 bits per heavy atom. The molecular weight excluding hydrogens is 705 g/mol. The van der Waals surface area contributed by atoms with Gasteiger partial charge in [0.15, 0.2) is 0 Å². The molecule has 0 bridgehead atoms. The fourth-order valence-electron chi connectivity index (χ4n) is 6.66. The Balaban J connectivity index is 2.37. The molecule has 0 aliphatic carbocycles. The summed E-state index contributed by atoms with van der Waals surface area (Å²) in [4.78, 5) is 53.9. The summed E-state index contributed by atoms with van der Waals surface area (Å²) in [5.41, 5.74) is 1.57. The van der Waals surface area contributed by atoms with Crippen molar-refractivity contribution >= 4 is 23.9 Å². The van der Waals surface area contributed by atoms with Crippen LogP contribution in [0.2, 0.25) is 0 Å². The molecule has 0 unspecified atom stereocenters. The molecule has 56 heavy (non-hydrogen) atoms. The summed E-state index contributed by atoms with van der Waals surface area (Å²) in [5.74, 6) is -2.21. The predicted molar refractivity (Wildman–Crippen MR) is 227 cm³/mol. The molecule has 0 spiro atoms. The molecule has 0 aliphatic rings. The highest BCUT2D eigenvalue weighted by Gasteiger charge is 2.24. The van der Waals surface area contributed by atoms with Crippen LogP contribution in [0.3, 0.4) is 0 Å². The lowest BCUT2D eigenvalue weighted by atomic mass is 9.92. The van der Waals surface area contributed by atoms with Crippen LogP contribution in [0.25, 0.3) is 11.1 Å². The number of hydrogen-bond acceptors (Lipinski definition) is 8. The van der Waals surface area contributed by atoms with E-state index in [2.05, 4.69) is 27.7 Å². The molecule has 2 rings (SSSR count). The monoisotopic (exact) mass is 779 g/mol. The second-order valence-electron chi connectivity index (χ2n) is 15.1. The maximum absolute atomic E-state index is 13.8. The highest BCUT2D eigenvalue weighted by molar-refractivity contribution is 6.06. The molecule has 0 N–H and O–H groups in total. The van der Waals surface area contributed by atoms with Gasteiger partial charge in [0.1, 0.15) is 0 Å². The van der Waals surface area contributed by atoms with Crippen molar-refractivity contribution in [2.75, 3.05) is 26.4 Å². The normalized spacial score (nSPS) is 11.0. The number of hydrogen-bond donors (Lipinski definition) is 0. The number of carbonyl (C=O) groups excluding carboxylic acids is 4. The molecule has 2 aromatic rings. The SMILES string of the molecule is CCCCCCCCOC(=O)c1ccc(-c2ccc(C(=O)OCCCCCCCC)cc2C(=O)OCCCCCCCC)c(C(=O)OCCCCCCCC)c1. The first-order chi connectivity index (χ1) is 27.4. The summed E-state index contributed by atoms with van der Waals surface area (Å²) in [7, 11) is 0. The Kier molecular flexibility index (Phi) is 27.2. The zero-order chi connectivity index (χ0) is 40.6. The second kappa shape index (κ2) is 31.4. The minimum absolute atomic E-state index is 0.147. The van der Waals surface area contributed by atoms with Crippen molar-refractivity contribution in [1.82, 2.24) is 0 Å². The number of rotatable bonds is 33. The van der Waals surface area contributed by atoms with Gasteiger partial charge in [0.25, 0.3) is 0 Å². The van der Waals surface area contributed by atoms with Gasteiger partial charge in [-0.15, -0.1) is 0 Å². The third kappa shape index (κ3) is 20.0. The van der Waals surface area contributed by atoms with Crippen LogP contribution in [-0.4, -0.2) is 50.3 Å². The minimum atomic E-state index is -0.590. The van der Waals surface area contributed by atoms with E-state index in [1.807, 2.05) is 0 Å². The summed E-state index contributed by atoms with van der Waals surface area (Å²) in [6, 6.07) is 9.51. The maximum atomic E-state index is 13.8. The van der Waals surface area contributed by atoms with E-state index in [0.717, 1.165) is 103 Å². The molecule has 0 fully saturated rings. The lowest BCUT2D eigenvalue weighted by Crippen LogP contribution is -2.14. The first-order valence-corrected chi connectivity index (χ1v) is 22.3. The van der Waals surface area contributed by atoms with Crippen LogP contribution in [0.1, 0.15) is 223 Å². The zero-order valence-corrected chi connectivity index (χ0v) is 35.5. The van der Waals surface area contributed by atoms with Crippen LogP contribution in [0.4, 0.5) is 0 Å². The molecule has 0 atom stereocenters. The molecule has 314 valence electrons. The predicted octanol–water partition coefficient (Wildman–Crippen LogP) is 13.4.